The van der Waals surface area contributed by atoms with Crippen molar-refractivity contribution in [3.63, 3.8) is 0 Å². The molecule has 3 aliphatic heterocycles. The SMILES string of the molecule is O=C(CC1=CSC2=NCCCN12)N1CCC[C@H](c2nc3ccccc3[nH]2)C1. The average Bonchev–Trinajstić information content (AvgIpc) is 3.32. The van der Waals surface area contributed by atoms with Gasteiger partial charge in [-0.1, -0.05) is 23.9 Å². The fraction of sp³-hybridized carbons (Fsp3) is 0.450. The standard InChI is InChI=1S/C20H23N5OS/c26-18(11-15-13-27-20-21-8-4-10-25(15)20)24-9-3-5-14(12-24)19-22-16-6-1-2-7-17(16)23-19/h1-2,6-7,13-14H,3-5,8-12H2,(H,22,23)/t14-/m0/s1. The molecule has 1 aromatic heterocycles. The Morgan fingerprint density at radius 3 is 3.11 bits per heavy atom. The van der Waals surface area contributed by atoms with E-state index >= 15 is 0 Å². The van der Waals surface area contributed by atoms with E-state index in [1.807, 2.05) is 23.1 Å². The maximum atomic E-state index is 13.0. The second kappa shape index (κ2) is 7.03. The summed E-state index contributed by atoms with van der Waals surface area (Å²) in [6.45, 7) is 3.47. The third-order valence-electron chi connectivity index (χ3n) is 5.57. The van der Waals surface area contributed by atoms with Crippen LogP contribution in [0.25, 0.3) is 11.0 Å². The van der Waals surface area contributed by atoms with Crippen LogP contribution in [0.4, 0.5) is 0 Å². The minimum atomic E-state index is 0.217. The summed E-state index contributed by atoms with van der Waals surface area (Å²) in [7, 11) is 0. The molecule has 7 heteroatoms. The number of nitrogens with one attached hydrogen (secondary N) is 1. The van der Waals surface area contributed by atoms with E-state index in [1.165, 1.54) is 0 Å². The Morgan fingerprint density at radius 1 is 1.26 bits per heavy atom. The van der Waals surface area contributed by atoms with Gasteiger partial charge in [0, 0.05) is 37.8 Å². The van der Waals surface area contributed by atoms with Gasteiger partial charge in [-0.3, -0.25) is 9.79 Å². The molecule has 0 radical (unpaired) electrons. The number of amides is 1. The lowest BCUT2D eigenvalue weighted by molar-refractivity contribution is -0.131. The summed E-state index contributed by atoms with van der Waals surface area (Å²) < 4.78 is 0. The second-order valence-electron chi connectivity index (χ2n) is 7.39. The van der Waals surface area contributed by atoms with Crippen LogP contribution in [0.2, 0.25) is 0 Å². The zero-order chi connectivity index (χ0) is 18.2. The highest BCUT2D eigenvalue weighted by Gasteiger charge is 2.30. The summed E-state index contributed by atoms with van der Waals surface area (Å²) in [6.07, 6.45) is 3.63. The van der Waals surface area contributed by atoms with Crippen molar-refractivity contribution in [2.24, 2.45) is 4.99 Å². The fourth-order valence-electron chi connectivity index (χ4n) is 4.13. The van der Waals surface area contributed by atoms with Gasteiger partial charge in [-0.2, -0.15) is 0 Å². The molecule has 4 heterocycles. The van der Waals surface area contributed by atoms with Crippen LogP contribution < -0.4 is 0 Å². The Labute approximate surface area is 162 Å². The van der Waals surface area contributed by atoms with E-state index in [0.29, 0.717) is 6.42 Å². The number of carbonyl (C=O) groups is 1. The highest BCUT2D eigenvalue weighted by molar-refractivity contribution is 8.16. The van der Waals surface area contributed by atoms with Crippen LogP contribution in [0.15, 0.2) is 40.4 Å². The fourth-order valence-corrected chi connectivity index (χ4v) is 5.09. The van der Waals surface area contributed by atoms with Crippen molar-refractivity contribution >= 4 is 33.9 Å². The molecular weight excluding hydrogens is 358 g/mol. The first kappa shape index (κ1) is 16.9. The quantitative estimate of drug-likeness (QED) is 0.886. The van der Waals surface area contributed by atoms with Gasteiger partial charge >= 0.3 is 0 Å². The Kier molecular flexibility index (Phi) is 4.39. The monoisotopic (exact) mass is 381 g/mol. The van der Waals surface area contributed by atoms with Crippen molar-refractivity contribution in [3.05, 3.63) is 41.2 Å². The molecule has 1 fully saturated rings. The first-order valence-electron chi connectivity index (χ1n) is 9.68. The maximum absolute atomic E-state index is 13.0. The number of thioether (sulfide) groups is 1. The lowest BCUT2D eigenvalue weighted by atomic mass is 9.97. The zero-order valence-corrected chi connectivity index (χ0v) is 16.0. The average molecular weight is 382 g/mol. The van der Waals surface area contributed by atoms with Crippen molar-refractivity contribution < 1.29 is 4.79 Å². The summed E-state index contributed by atoms with van der Waals surface area (Å²) >= 11 is 1.65. The molecule has 0 bridgehead atoms. The Bertz CT molecular complexity index is 900. The first-order valence-corrected chi connectivity index (χ1v) is 10.6. The number of nitrogens with zero attached hydrogens (tertiary/aromatic N) is 4. The molecule has 3 aliphatic rings. The van der Waals surface area contributed by atoms with Crippen LogP contribution in [-0.4, -0.2) is 57.0 Å². The van der Waals surface area contributed by atoms with Crippen molar-refractivity contribution in [2.75, 3.05) is 26.2 Å². The molecule has 5 rings (SSSR count). The lowest BCUT2D eigenvalue weighted by Gasteiger charge is -2.33. The van der Waals surface area contributed by atoms with E-state index in [1.54, 1.807) is 11.8 Å². The lowest BCUT2D eigenvalue weighted by Crippen LogP contribution is -2.40. The third kappa shape index (κ3) is 3.25. The molecule has 1 N–H and O–H groups in total. The van der Waals surface area contributed by atoms with Crippen molar-refractivity contribution in [2.45, 2.75) is 31.6 Å². The van der Waals surface area contributed by atoms with E-state index < -0.39 is 0 Å². The minimum Gasteiger partial charge on any atom is -0.342 e. The van der Waals surface area contributed by atoms with E-state index in [4.69, 9.17) is 4.98 Å². The molecule has 0 spiro atoms. The van der Waals surface area contributed by atoms with E-state index in [-0.39, 0.29) is 11.8 Å². The molecule has 1 aromatic carbocycles. The van der Waals surface area contributed by atoms with Gasteiger partial charge in [0.05, 0.1) is 17.5 Å². The van der Waals surface area contributed by atoms with Crippen LogP contribution >= 0.6 is 11.8 Å². The Morgan fingerprint density at radius 2 is 2.19 bits per heavy atom. The molecule has 1 atom stereocenters. The molecule has 6 nitrogen and oxygen atoms in total. The molecular formula is C20H23N5OS. The molecule has 1 saturated heterocycles. The van der Waals surface area contributed by atoms with Gasteiger partial charge in [0.15, 0.2) is 5.17 Å². The minimum absolute atomic E-state index is 0.217. The van der Waals surface area contributed by atoms with Crippen molar-refractivity contribution in [1.82, 2.24) is 19.8 Å². The highest BCUT2D eigenvalue weighted by Crippen LogP contribution is 2.32. The summed E-state index contributed by atoms with van der Waals surface area (Å²) in [5, 5.41) is 3.16. The summed E-state index contributed by atoms with van der Waals surface area (Å²) in [6, 6.07) is 8.12. The van der Waals surface area contributed by atoms with E-state index in [9.17, 15) is 4.79 Å². The molecule has 140 valence electrons. The molecule has 1 amide bonds. The van der Waals surface area contributed by atoms with Gasteiger partial charge in [-0.15, -0.1) is 0 Å². The predicted octanol–water partition coefficient (Wildman–Crippen LogP) is 3.31. The van der Waals surface area contributed by atoms with Gasteiger partial charge in [0.25, 0.3) is 0 Å². The number of likely N-dealkylation sites (tertiary alicyclic amines) is 1. The van der Waals surface area contributed by atoms with E-state index in [2.05, 4.69) is 26.4 Å². The number of piperidine rings is 1. The number of aliphatic imine (C=N–C) groups is 1. The first-order chi connectivity index (χ1) is 13.3. The van der Waals surface area contributed by atoms with Crippen molar-refractivity contribution in [1.29, 1.82) is 0 Å². The van der Waals surface area contributed by atoms with Crippen LogP contribution in [-0.2, 0) is 4.79 Å². The predicted molar refractivity (Wildman–Crippen MR) is 109 cm³/mol. The number of aromatic nitrogens is 2. The van der Waals surface area contributed by atoms with Crippen molar-refractivity contribution in [3.8, 4) is 0 Å². The molecule has 0 saturated carbocycles. The second-order valence-corrected chi connectivity index (χ2v) is 8.23. The number of H-pyrrole nitrogens is 1. The smallest absolute Gasteiger partial charge is 0.228 e. The number of carbonyl (C=O) groups excluding carboxylic acids is 1. The summed E-state index contributed by atoms with van der Waals surface area (Å²) in [5.41, 5.74) is 3.18. The van der Waals surface area contributed by atoms with Crippen LogP contribution in [0.5, 0.6) is 0 Å². The molecule has 27 heavy (non-hydrogen) atoms. The van der Waals surface area contributed by atoms with Gasteiger partial charge in [0.1, 0.15) is 5.82 Å². The summed E-state index contributed by atoms with van der Waals surface area (Å²) in [5.74, 6) is 1.51. The van der Waals surface area contributed by atoms with Gasteiger partial charge in [-0.25, -0.2) is 4.98 Å². The number of amidine groups is 1. The topological polar surface area (TPSA) is 64.6 Å². The molecule has 0 aliphatic carbocycles. The summed E-state index contributed by atoms with van der Waals surface area (Å²) in [4.78, 5) is 29.9. The number of benzene rings is 1. The van der Waals surface area contributed by atoms with E-state index in [0.717, 1.165) is 73.2 Å². The third-order valence-corrected chi connectivity index (χ3v) is 6.52. The highest BCUT2D eigenvalue weighted by atomic mass is 32.2. The normalized spacial score (nSPS) is 22.6. The Balaban J connectivity index is 1.27. The number of aromatic amines is 1. The van der Waals surface area contributed by atoms with Crippen LogP contribution in [0, 0.1) is 0 Å². The van der Waals surface area contributed by atoms with Gasteiger partial charge in [-0.05, 0) is 36.8 Å². The van der Waals surface area contributed by atoms with Gasteiger partial charge in [0.2, 0.25) is 5.91 Å². The number of hydrogen-bond acceptors (Lipinski definition) is 5. The zero-order valence-electron chi connectivity index (χ0n) is 15.2. The van der Waals surface area contributed by atoms with Crippen LogP contribution in [0.3, 0.4) is 0 Å². The largest absolute Gasteiger partial charge is 0.342 e. The number of para-hydroxylation sites is 2. The molecule has 2 aromatic rings. The molecule has 0 unspecified atom stereocenters. The van der Waals surface area contributed by atoms with Crippen LogP contribution in [0.1, 0.15) is 37.4 Å². The number of fused-ring (bicyclic) bond motifs is 2. The Hall–Kier alpha value is -2.28. The number of rotatable bonds is 3. The maximum Gasteiger partial charge on any atom is 0.228 e. The van der Waals surface area contributed by atoms with Gasteiger partial charge < -0.3 is 14.8 Å². The number of imidazole rings is 1. The number of hydrogen-bond donors (Lipinski definition) is 1.